The molecule has 5 rings (SSSR count). The number of carbonyl (C=O) groups excluding carboxylic acids is 3. The lowest BCUT2D eigenvalue weighted by molar-refractivity contribution is -0.115. The van der Waals surface area contributed by atoms with Crippen molar-refractivity contribution in [1.82, 2.24) is 10.3 Å². The highest BCUT2D eigenvalue weighted by Gasteiger charge is 2.18. The zero-order valence-corrected chi connectivity index (χ0v) is 26.0. The van der Waals surface area contributed by atoms with Gasteiger partial charge in [-0.25, -0.2) is 4.98 Å². The SMILES string of the molecule is CC(Sc1ccc(NC(=O)/C(=C/c2ccc(-c3ccc(Br)cc3)o2)NC(=O)c2ccccc2)cc1)C(=O)Nc1nccs1. The summed E-state index contributed by atoms with van der Waals surface area (Å²) in [4.78, 5) is 43.7. The third-order valence-corrected chi connectivity index (χ3v) is 8.36. The Hall–Kier alpha value is -4.45. The Morgan fingerprint density at radius 1 is 0.930 bits per heavy atom. The summed E-state index contributed by atoms with van der Waals surface area (Å²) in [6.45, 7) is 1.81. The van der Waals surface area contributed by atoms with Crippen molar-refractivity contribution in [3.63, 3.8) is 0 Å². The third kappa shape index (κ3) is 8.31. The van der Waals surface area contributed by atoms with Crippen molar-refractivity contribution in [2.75, 3.05) is 10.6 Å². The molecule has 11 heteroatoms. The van der Waals surface area contributed by atoms with Gasteiger partial charge in [0.15, 0.2) is 5.13 Å². The highest BCUT2D eigenvalue weighted by molar-refractivity contribution is 9.10. The fourth-order valence-corrected chi connectivity index (χ4v) is 5.51. The largest absolute Gasteiger partial charge is 0.457 e. The Bertz CT molecular complexity index is 1740. The van der Waals surface area contributed by atoms with E-state index < -0.39 is 11.8 Å². The van der Waals surface area contributed by atoms with Crippen LogP contribution >= 0.6 is 39.0 Å². The molecule has 0 spiro atoms. The zero-order chi connectivity index (χ0) is 30.2. The van der Waals surface area contributed by atoms with E-state index in [0.717, 1.165) is 14.9 Å². The average Bonchev–Trinajstić information content (AvgIpc) is 3.71. The minimum atomic E-state index is -0.525. The van der Waals surface area contributed by atoms with Crippen molar-refractivity contribution in [2.24, 2.45) is 0 Å². The fraction of sp³-hybridized carbons (Fsp3) is 0.0625. The molecule has 3 amide bonds. The highest BCUT2D eigenvalue weighted by Crippen LogP contribution is 2.27. The smallest absolute Gasteiger partial charge is 0.272 e. The number of benzene rings is 3. The number of carbonyl (C=O) groups is 3. The molecule has 0 aliphatic rings. The van der Waals surface area contributed by atoms with Crippen LogP contribution in [-0.2, 0) is 9.59 Å². The monoisotopic (exact) mass is 672 g/mol. The molecule has 0 fully saturated rings. The number of nitrogens with one attached hydrogen (secondary N) is 3. The number of halogens is 1. The molecule has 0 saturated heterocycles. The van der Waals surface area contributed by atoms with Crippen LogP contribution in [0.15, 0.2) is 122 Å². The summed E-state index contributed by atoms with van der Waals surface area (Å²) in [5.41, 5.74) is 1.81. The molecule has 1 unspecified atom stereocenters. The van der Waals surface area contributed by atoms with Crippen molar-refractivity contribution in [3.8, 4) is 11.3 Å². The number of nitrogens with zero attached hydrogens (tertiary/aromatic N) is 1. The van der Waals surface area contributed by atoms with E-state index in [-0.39, 0.29) is 16.9 Å². The number of hydrogen-bond acceptors (Lipinski definition) is 7. The van der Waals surface area contributed by atoms with Crippen LogP contribution in [0.25, 0.3) is 17.4 Å². The molecule has 1 atom stereocenters. The molecular formula is C32H25BrN4O4S2. The van der Waals surface area contributed by atoms with E-state index >= 15 is 0 Å². The molecule has 3 N–H and O–H groups in total. The molecule has 0 aliphatic carbocycles. The van der Waals surface area contributed by atoms with Gasteiger partial charge < -0.3 is 20.4 Å². The molecule has 2 heterocycles. The minimum absolute atomic E-state index is 0.0106. The van der Waals surface area contributed by atoms with Gasteiger partial charge in [-0.05, 0) is 67.6 Å². The molecule has 0 radical (unpaired) electrons. The molecule has 3 aromatic carbocycles. The second-order valence-electron chi connectivity index (χ2n) is 9.15. The number of thioether (sulfide) groups is 1. The number of hydrogen-bond donors (Lipinski definition) is 3. The van der Waals surface area contributed by atoms with E-state index in [1.807, 2.05) is 49.4 Å². The summed E-state index contributed by atoms with van der Waals surface area (Å²) < 4.78 is 6.92. The van der Waals surface area contributed by atoms with Crippen LogP contribution in [0.3, 0.4) is 0 Å². The van der Waals surface area contributed by atoms with Crippen LogP contribution in [0.5, 0.6) is 0 Å². The number of aromatic nitrogens is 1. The lowest BCUT2D eigenvalue weighted by Gasteiger charge is -2.13. The van der Waals surface area contributed by atoms with Gasteiger partial charge in [0.2, 0.25) is 5.91 Å². The van der Waals surface area contributed by atoms with E-state index in [1.54, 1.807) is 60.1 Å². The Kier molecular flexibility index (Phi) is 9.88. The Morgan fingerprint density at radius 3 is 2.37 bits per heavy atom. The topological polar surface area (TPSA) is 113 Å². The Morgan fingerprint density at radius 2 is 1.67 bits per heavy atom. The number of thiazole rings is 1. The van der Waals surface area contributed by atoms with Gasteiger partial charge in [0.25, 0.3) is 11.8 Å². The first-order valence-electron chi connectivity index (χ1n) is 13.1. The fourth-order valence-electron chi connectivity index (χ4n) is 3.85. The first-order valence-corrected chi connectivity index (χ1v) is 15.6. The van der Waals surface area contributed by atoms with Gasteiger partial charge in [0, 0.05) is 43.8 Å². The molecule has 2 aromatic heterocycles. The molecular weight excluding hydrogens is 648 g/mol. The van der Waals surface area contributed by atoms with Gasteiger partial charge in [0.1, 0.15) is 17.2 Å². The van der Waals surface area contributed by atoms with Gasteiger partial charge >= 0.3 is 0 Å². The van der Waals surface area contributed by atoms with Crippen LogP contribution < -0.4 is 16.0 Å². The lowest BCUT2D eigenvalue weighted by Crippen LogP contribution is -2.30. The van der Waals surface area contributed by atoms with Crippen LogP contribution in [0.2, 0.25) is 0 Å². The Labute approximate surface area is 264 Å². The second-order valence-corrected chi connectivity index (χ2v) is 12.4. The minimum Gasteiger partial charge on any atom is -0.457 e. The molecule has 0 aliphatic heterocycles. The zero-order valence-electron chi connectivity index (χ0n) is 22.7. The summed E-state index contributed by atoms with van der Waals surface area (Å²) in [6.07, 6.45) is 3.13. The van der Waals surface area contributed by atoms with E-state index in [1.165, 1.54) is 29.2 Å². The third-order valence-electron chi connectivity index (χ3n) is 6.03. The maximum atomic E-state index is 13.4. The van der Waals surface area contributed by atoms with Crippen LogP contribution in [-0.4, -0.2) is 28.0 Å². The molecule has 8 nitrogen and oxygen atoms in total. The van der Waals surface area contributed by atoms with Crippen LogP contribution in [0.1, 0.15) is 23.0 Å². The molecule has 216 valence electrons. The first-order chi connectivity index (χ1) is 20.8. The summed E-state index contributed by atoms with van der Waals surface area (Å²) in [5, 5.41) is 10.3. The standard InChI is InChI=1S/C32H25BrN4O4S2/c1-20(29(38)37-32-34-17-18-42-32)43-26-14-11-24(12-15-26)35-31(40)27(36-30(39)22-5-3-2-4-6-22)19-25-13-16-28(41-25)21-7-9-23(33)10-8-21/h2-20H,1H3,(H,35,40)(H,36,39)(H,34,37,38)/b27-19-. The first kappa shape index (κ1) is 30.0. The van der Waals surface area contributed by atoms with E-state index in [0.29, 0.717) is 27.9 Å². The summed E-state index contributed by atoms with van der Waals surface area (Å²) in [5.74, 6) is -0.0906. The predicted octanol–water partition coefficient (Wildman–Crippen LogP) is 7.69. The molecule has 5 aromatic rings. The van der Waals surface area contributed by atoms with Gasteiger partial charge in [-0.1, -0.05) is 46.3 Å². The number of anilines is 2. The van der Waals surface area contributed by atoms with Gasteiger partial charge in [0.05, 0.1) is 5.25 Å². The second kappa shape index (κ2) is 14.1. The highest BCUT2D eigenvalue weighted by atomic mass is 79.9. The molecule has 0 bridgehead atoms. The van der Waals surface area contributed by atoms with E-state index in [9.17, 15) is 14.4 Å². The molecule has 43 heavy (non-hydrogen) atoms. The normalized spacial score (nSPS) is 11.9. The van der Waals surface area contributed by atoms with Gasteiger partial charge in [-0.3, -0.25) is 14.4 Å². The summed E-state index contributed by atoms with van der Waals surface area (Å²) in [6, 6.07) is 26.9. The quantitative estimate of drug-likeness (QED) is 0.104. The van der Waals surface area contributed by atoms with Crippen LogP contribution in [0.4, 0.5) is 10.8 Å². The van der Waals surface area contributed by atoms with Crippen LogP contribution in [0, 0.1) is 0 Å². The maximum absolute atomic E-state index is 13.4. The van der Waals surface area contributed by atoms with Crippen molar-refractivity contribution in [2.45, 2.75) is 17.1 Å². The van der Waals surface area contributed by atoms with Gasteiger partial charge in [-0.2, -0.15) is 0 Å². The summed E-state index contributed by atoms with van der Waals surface area (Å²) in [7, 11) is 0. The van der Waals surface area contributed by atoms with E-state index in [2.05, 4.69) is 36.9 Å². The van der Waals surface area contributed by atoms with Crippen molar-refractivity contribution >= 4 is 73.6 Å². The van der Waals surface area contributed by atoms with Crippen molar-refractivity contribution in [1.29, 1.82) is 0 Å². The Balaban J connectivity index is 1.30. The van der Waals surface area contributed by atoms with Gasteiger partial charge in [-0.15, -0.1) is 23.1 Å². The number of rotatable bonds is 10. The number of furan rings is 1. The maximum Gasteiger partial charge on any atom is 0.272 e. The van der Waals surface area contributed by atoms with Crippen molar-refractivity contribution < 1.29 is 18.8 Å². The lowest BCUT2D eigenvalue weighted by atomic mass is 10.2. The molecule has 0 saturated carbocycles. The van der Waals surface area contributed by atoms with Crippen molar-refractivity contribution in [3.05, 3.63) is 124 Å². The average molecular weight is 674 g/mol. The number of amides is 3. The predicted molar refractivity (Wildman–Crippen MR) is 175 cm³/mol. The summed E-state index contributed by atoms with van der Waals surface area (Å²) >= 11 is 6.17. The van der Waals surface area contributed by atoms with E-state index in [4.69, 9.17) is 4.42 Å².